The van der Waals surface area contributed by atoms with E-state index >= 15 is 0 Å². The number of hydrogen-bond acceptors (Lipinski definition) is 2. The lowest BCUT2D eigenvalue weighted by atomic mass is 9.86. The minimum Gasteiger partial charge on any atom is -0.418 e. The fraction of sp³-hybridized carbons (Fsp3) is 1.00. The van der Waals surface area contributed by atoms with Gasteiger partial charge < -0.3 is 9.16 Å². The van der Waals surface area contributed by atoms with Crippen molar-refractivity contribution in [3.05, 3.63) is 0 Å². The Morgan fingerprint density at radius 1 is 1.18 bits per heavy atom. The minimum absolute atomic E-state index is 0.656. The Morgan fingerprint density at radius 2 is 2.00 bits per heavy atom. The molecular weight excluding hydrogens is 228 g/mol. The summed E-state index contributed by atoms with van der Waals surface area (Å²) in [6.07, 6.45) is 9.58. The van der Waals surface area contributed by atoms with Gasteiger partial charge >= 0.3 is 0 Å². The molecule has 100 valence electrons. The molecule has 3 unspecified atom stereocenters. The zero-order valence-electron chi connectivity index (χ0n) is 11.7. The van der Waals surface area contributed by atoms with Crippen molar-refractivity contribution in [1.29, 1.82) is 0 Å². The second-order valence-corrected chi connectivity index (χ2v) is 10.6. The largest absolute Gasteiger partial charge is 0.418 e. The van der Waals surface area contributed by atoms with Crippen LogP contribution in [-0.2, 0) is 9.16 Å². The second kappa shape index (κ2) is 5.85. The lowest BCUT2D eigenvalue weighted by Gasteiger charge is -2.23. The van der Waals surface area contributed by atoms with Crippen molar-refractivity contribution in [2.45, 2.75) is 76.8 Å². The van der Waals surface area contributed by atoms with Gasteiger partial charge in [0, 0.05) is 6.61 Å². The Kier molecular flexibility index (Phi) is 4.67. The molecule has 2 fully saturated rings. The Morgan fingerprint density at radius 3 is 2.71 bits per heavy atom. The normalized spacial score (nSPS) is 32.3. The molecule has 0 amide bonds. The Labute approximate surface area is 107 Å². The topological polar surface area (TPSA) is 21.8 Å². The van der Waals surface area contributed by atoms with E-state index in [1.54, 1.807) is 0 Å². The molecule has 1 saturated heterocycles. The van der Waals surface area contributed by atoms with Crippen molar-refractivity contribution >= 4 is 8.32 Å². The monoisotopic (exact) mass is 256 g/mol. The number of ether oxygens (including phenoxy) is 1. The molecule has 0 aromatic carbocycles. The molecule has 2 nitrogen and oxygen atoms in total. The molecule has 0 N–H and O–H groups in total. The Hall–Kier alpha value is 0.137. The molecule has 0 radical (unpaired) electrons. The molecule has 1 heterocycles. The second-order valence-electron chi connectivity index (χ2n) is 6.33. The van der Waals surface area contributed by atoms with Gasteiger partial charge in [-0.2, -0.15) is 0 Å². The van der Waals surface area contributed by atoms with Gasteiger partial charge in [-0.3, -0.25) is 0 Å². The summed E-state index contributed by atoms with van der Waals surface area (Å²) >= 11 is 0. The van der Waals surface area contributed by atoms with E-state index in [2.05, 4.69) is 20.0 Å². The molecule has 2 rings (SSSR count). The van der Waals surface area contributed by atoms with E-state index in [1.165, 1.54) is 44.6 Å². The van der Waals surface area contributed by atoms with Gasteiger partial charge in [-0.05, 0) is 51.2 Å². The van der Waals surface area contributed by atoms with Crippen molar-refractivity contribution < 1.29 is 9.16 Å². The first kappa shape index (κ1) is 13.6. The van der Waals surface area contributed by atoms with Crippen LogP contribution in [0.25, 0.3) is 0 Å². The summed E-state index contributed by atoms with van der Waals surface area (Å²) < 4.78 is 11.5. The van der Waals surface area contributed by atoms with E-state index in [1.807, 2.05) is 0 Å². The molecular formula is C14H28O2Si. The minimum atomic E-state index is -1.32. The molecule has 1 saturated carbocycles. The van der Waals surface area contributed by atoms with Gasteiger partial charge in [0.15, 0.2) is 8.32 Å². The van der Waals surface area contributed by atoms with E-state index in [0.29, 0.717) is 12.2 Å². The van der Waals surface area contributed by atoms with Crippen LogP contribution in [0.3, 0.4) is 0 Å². The molecule has 0 spiro atoms. The van der Waals surface area contributed by atoms with Crippen LogP contribution in [0.4, 0.5) is 0 Å². The predicted molar refractivity (Wildman–Crippen MR) is 73.8 cm³/mol. The zero-order chi connectivity index (χ0) is 12.3. The molecule has 3 heteroatoms. The van der Waals surface area contributed by atoms with Crippen molar-refractivity contribution in [1.82, 2.24) is 0 Å². The number of rotatable bonds is 7. The highest BCUT2D eigenvalue weighted by Crippen LogP contribution is 2.41. The fourth-order valence-corrected chi connectivity index (χ4v) is 5.22. The predicted octanol–water partition coefficient (Wildman–Crippen LogP) is 3.97. The van der Waals surface area contributed by atoms with Gasteiger partial charge in [0.05, 0.1) is 12.2 Å². The van der Waals surface area contributed by atoms with E-state index < -0.39 is 8.32 Å². The average Bonchev–Trinajstić information content (AvgIpc) is 3.02. The standard InChI is InChI=1S/C14H28O2Si/c1-4-15-17(2,3)10-6-5-7-12-8-9-13-14(11-12)16-13/h12-14H,4-11H2,1-3H3. The van der Waals surface area contributed by atoms with E-state index in [0.717, 1.165) is 12.5 Å². The summed E-state index contributed by atoms with van der Waals surface area (Å²) in [4.78, 5) is 0. The molecule has 2 aliphatic rings. The van der Waals surface area contributed by atoms with E-state index in [4.69, 9.17) is 9.16 Å². The zero-order valence-corrected chi connectivity index (χ0v) is 12.7. The Balaban J connectivity index is 1.53. The third-order valence-electron chi connectivity index (χ3n) is 4.29. The van der Waals surface area contributed by atoms with Gasteiger partial charge in [-0.15, -0.1) is 0 Å². The third-order valence-corrected chi connectivity index (χ3v) is 6.92. The Bertz CT molecular complexity index is 242. The number of fused-ring (bicyclic) bond motifs is 1. The molecule has 0 bridgehead atoms. The molecule has 1 aliphatic carbocycles. The van der Waals surface area contributed by atoms with Crippen LogP contribution in [0.5, 0.6) is 0 Å². The maximum atomic E-state index is 5.86. The van der Waals surface area contributed by atoms with Crippen molar-refractivity contribution in [2.24, 2.45) is 5.92 Å². The van der Waals surface area contributed by atoms with Crippen LogP contribution in [0.1, 0.15) is 45.4 Å². The van der Waals surface area contributed by atoms with Crippen molar-refractivity contribution in [3.63, 3.8) is 0 Å². The van der Waals surface area contributed by atoms with Crippen LogP contribution < -0.4 is 0 Å². The molecule has 17 heavy (non-hydrogen) atoms. The highest BCUT2D eigenvalue weighted by Gasteiger charge is 2.43. The highest BCUT2D eigenvalue weighted by atomic mass is 28.4. The third kappa shape index (κ3) is 4.38. The van der Waals surface area contributed by atoms with Gasteiger partial charge in [0.25, 0.3) is 0 Å². The summed E-state index contributed by atoms with van der Waals surface area (Å²) in [5.74, 6) is 0.954. The number of hydrogen-bond donors (Lipinski definition) is 0. The van der Waals surface area contributed by atoms with E-state index in [-0.39, 0.29) is 0 Å². The average molecular weight is 256 g/mol. The summed E-state index contributed by atoms with van der Waals surface area (Å²) in [5.41, 5.74) is 0. The fourth-order valence-electron chi connectivity index (χ4n) is 3.20. The molecule has 0 aromatic heterocycles. The maximum absolute atomic E-state index is 5.86. The smallest absolute Gasteiger partial charge is 0.186 e. The molecule has 3 atom stereocenters. The van der Waals surface area contributed by atoms with Gasteiger partial charge in [-0.1, -0.05) is 19.3 Å². The van der Waals surface area contributed by atoms with Crippen molar-refractivity contribution in [2.75, 3.05) is 6.61 Å². The van der Waals surface area contributed by atoms with Crippen molar-refractivity contribution in [3.8, 4) is 0 Å². The summed E-state index contributed by atoms with van der Waals surface area (Å²) in [6, 6.07) is 1.33. The first-order chi connectivity index (χ1) is 8.11. The van der Waals surface area contributed by atoms with Gasteiger partial charge in [0.2, 0.25) is 0 Å². The number of epoxide rings is 1. The van der Waals surface area contributed by atoms with Crippen LogP contribution >= 0.6 is 0 Å². The quantitative estimate of drug-likeness (QED) is 0.390. The maximum Gasteiger partial charge on any atom is 0.186 e. The summed E-state index contributed by atoms with van der Waals surface area (Å²) in [5, 5.41) is 0. The first-order valence-electron chi connectivity index (χ1n) is 7.40. The highest BCUT2D eigenvalue weighted by molar-refractivity contribution is 6.71. The van der Waals surface area contributed by atoms with Crippen LogP contribution in [0.15, 0.2) is 0 Å². The van der Waals surface area contributed by atoms with E-state index in [9.17, 15) is 0 Å². The summed E-state index contributed by atoms with van der Waals surface area (Å²) in [7, 11) is -1.32. The number of unbranched alkanes of at least 4 members (excludes halogenated alkanes) is 1. The SMILES string of the molecule is CCO[Si](C)(C)CCCCC1CCC2OC2C1. The summed E-state index contributed by atoms with van der Waals surface area (Å²) in [6.45, 7) is 7.70. The lowest BCUT2D eigenvalue weighted by Crippen LogP contribution is -2.29. The van der Waals surface area contributed by atoms with Crippen LogP contribution in [0, 0.1) is 5.92 Å². The molecule has 1 aliphatic heterocycles. The van der Waals surface area contributed by atoms with Gasteiger partial charge in [-0.25, -0.2) is 0 Å². The van der Waals surface area contributed by atoms with Crippen LogP contribution in [0.2, 0.25) is 19.1 Å². The lowest BCUT2D eigenvalue weighted by molar-refractivity contribution is 0.323. The van der Waals surface area contributed by atoms with Gasteiger partial charge in [0.1, 0.15) is 0 Å². The molecule has 0 aromatic rings. The first-order valence-corrected chi connectivity index (χ1v) is 10.5. The van der Waals surface area contributed by atoms with Crippen LogP contribution in [-0.4, -0.2) is 27.1 Å².